The number of rotatable bonds is 6. The number of hydrogen-bond acceptors (Lipinski definition) is 3. The van der Waals surface area contributed by atoms with Crippen molar-refractivity contribution in [2.75, 3.05) is 23.4 Å². The predicted octanol–water partition coefficient (Wildman–Crippen LogP) is 2.67. The summed E-state index contributed by atoms with van der Waals surface area (Å²) >= 11 is 7.56. The zero-order valence-corrected chi connectivity index (χ0v) is 11.4. The first-order chi connectivity index (χ1) is 8.15. The van der Waals surface area contributed by atoms with Gasteiger partial charge in [0.1, 0.15) is 0 Å². The van der Waals surface area contributed by atoms with E-state index in [9.17, 15) is 4.79 Å². The highest BCUT2D eigenvalue weighted by atomic mass is 35.5. The van der Waals surface area contributed by atoms with E-state index in [1.165, 1.54) is 0 Å². The molecule has 0 radical (unpaired) electrons. The van der Waals surface area contributed by atoms with Crippen molar-refractivity contribution in [2.45, 2.75) is 13.3 Å². The SMILES string of the molecule is Cc1c(Cl)cccc1NC(=O)CSCCCN. The van der Waals surface area contributed by atoms with Gasteiger partial charge in [0, 0.05) is 10.7 Å². The third kappa shape index (κ3) is 4.98. The molecule has 5 heteroatoms. The standard InChI is InChI=1S/C12H17ClN2OS/c1-9-10(13)4-2-5-11(9)15-12(16)8-17-7-3-6-14/h2,4-5H,3,6-8,14H2,1H3,(H,15,16). The quantitative estimate of drug-likeness (QED) is 0.783. The molecule has 0 fully saturated rings. The summed E-state index contributed by atoms with van der Waals surface area (Å²) < 4.78 is 0. The maximum atomic E-state index is 11.6. The van der Waals surface area contributed by atoms with E-state index in [1.54, 1.807) is 11.8 Å². The molecule has 0 spiro atoms. The molecule has 0 bridgehead atoms. The monoisotopic (exact) mass is 272 g/mol. The van der Waals surface area contributed by atoms with Crippen LogP contribution in [0.2, 0.25) is 5.02 Å². The van der Waals surface area contributed by atoms with Crippen LogP contribution in [0.25, 0.3) is 0 Å². The molecule has 1 aromatic rings. The van der Waals surface area contributed by atoms with Crippen LogP contribution in [0.5, 0.6) is 0 Å². The topological polar surface area (TPSA) is 55.1 Å². The smallest absolute Gasteiger partial charge is 0.234 e. The maximum Gasteiger partial charge on any atom is 0.234 e. The lowest BCUT2D eigenvalue weighted by Crippen LogP contribution is -2.15. The van der Waals surface area contributed by atoms with Gasteiger partial charge in [-0.3, -0.25) is 4.79 Å². The molecule has 3 N–H and O–H groups in total. The lowest BCUT2D eigenvalue weighted by Gasteiger charge is -2.09. The lowest BCUT2D eigenvalue weighted by atomic mass is 10.2. The molecule has 0 aliphatic carbocycles. The second kappa shape index (κ2) is 7.58. The Morgan fingerprint density at radius 3 is 3.00 bits per heavy atom. The summed E-state index contributed by atoms with van der Waals surface area (Å²) in [6.07, 6.45) is 0.939. The highest BCUT2D eigenvalue weighted by Gasteiger charge is 2.06. The Morgan fingerprint density at radius 2 is 2.29 bits per heavy atom. The molecule has 0 aliphatic heterocycles. The molecule has 0 saturated heterocycles. The van der Waals surface area contributed by atoms with Gasteiger partial charge in [0.25, 0.3) is 0 Å². The van der Waals surface area contributed by atoms with Gasteiger partial charge in [-0.1, -0.05) is 17.7 Å². The largest absolute Gasteiger partial charge is 0.330 e. The fourth-order valence-corrected chi connectivity index (χ4v) is 2.23. The molecule has 0 aliphatic rings. The molecule has 0 unspecified atom stereocenters. The zero-order chi connectivity index (χ0) is 12.7. The first-order valence-electron chi connectivity index (χ1n) is 5.48. The molecule has 3 nitrogen and oxygen atoms in total. The van der Waals surface area contributed by atoms with E-state index < -0.39 is 0 Å². The fraction of sp³-hybridized carbons (Fsp3) is 0.417. The molecular formula is C12H17ClN2OS. The summed E-state index contributed by atoms with van der Waals surface area (Å²) in [6.45, 7) is 2.56. The van der Waals surface area contributed by atoms with E-state index in [1.807, 2.05) is 25.1 Å². The number of hydrogen-bond donors (Lipinski definition) is 2. The zero-order valence-electron chi connectivity index (χ0n) is 9.83. The molecule has 1 aromatic carbocycles. The minimum atomic E-state index is -0.00242. The highest BCUT2D eigenvalue weighted by molar-refractivity contribution is 7.99. The molecule has 0 saturated carbocycles. The van der Waals surface area contributed by atoms with Crippen molar-refractivity contribution in [1.82, 2.24) is 0 Å². The Labute approximate surface area is 111 Å². The van der Waals surface area contributed by atoms with Crippen molar-refractivity contribution in [3.63, 3.8) is 0 Å². The lowest BCUT2D eigenvalue weighted by molar-refractivity contribution is -0.113. The maximum absolute atomic E-state index is 11.6. The third-order valence-corrected chi connectivity index (χ3v) is 3.72. The highest BCUT2D eigenvalue weighted by Crippen LogP contribution is 2.22. The van der Waals surface area contributed by atoms with E-state index >= 15 is 0 Å². The van der Waals surface area contributed by atoms with Gasteiger partial charge >= 0.3 is 0 Å². The van der Waals surface area contributed by atoms with Crippen molar-refractivity contribution in [3.8, 4) is 0 Å². The molecule has 17 heavy (non-hydrogen) atoms. The Kier molecular flexibility index (Phi) is 6.40. The van der Waals surface area contributed by atoms with Crippen LogP contribution in [-0.2, 0) is 4.79 Å². The van der Waals surface area contributed by atoms with E-state index in [4.69, 9.17) is 17.3 Å². The van der Waals surface area contributed by atoms with Crippen molar-refractivity contribution < 1.29 is 4.79 Å². The van der Waals surface area contributed by atoms with Gasteiger partial charge in [-0.2, -0.15) is 11.8 Å². The Balaban J connectivity index is 2.43. The number of amides is 1. The molecule has 1 rings (SSSR count). The third-order valence-electron chi connectivity index (χ3n) is 2.27. The number of anilines is 1. The van der Waals surface area contributed by atoms with Gasteiger partial charge < -0.3 is 11.1 Å². The van der Waals surface area contributed by atoms with Gasteiger partial charge in [-0.25, -0.2) is 0 Å². The molecule has 0 atom stereocenters. The first kappa shape index (κ1) is 14.4. The first-order valence-corrected chi connectivity index (χ1v) is 7.01. The molecule has 94 valence electrons. The normalized spacial score (nSPS) is 10.3. The van der Waals surface area contributed by atoms with Crippen LogP contribution in [0.3, 0.4) is 0 Å². The van der Waals surface area contributed by atoms with Gasteiger partial charge in [-0.15, -0.1) is 0 Å². The number of carbonyl (C=O) groups excluding carboxylic acids is 1. The van der Waals surface area contributed by atoms with Gasteiger partial charge in [0.05, 0.1) is 5.75 Å². The number of thioether (sulfide) groups is 1. The van der Waals surface area contributed by atoms with Crippen molar-refractivity contribution in [1.29, 1.82) is 0 Å². The van der Waals surface area contributed by atoms with E-state index in [-0.39, 0.29) is 5.91 Å². The number of nitrogens with two attached hydrogens (primary N) is 1. The van der Waals surface area contributed by atoms with E-state index in [0.29, 0.717) is 17.3 Å². The molecule has 0 aromatic heterocycles. The summed E-state index contributed by atoms with van der Waals surface area (Å²) in [5.41, 5.74) is 7.05. The van der Waals surface area contributed by atoms with E-state index in [0.717, 1.165) is 23.4 Å². The second-order valence-corrected chi connectivity index (χ2v) is 5.17. The number of halogens is 1. The summed E-state index contributed by atoms with van der Waals surface area (Å²) in [5, 5.41) is 3.52. The molecule has 0 heterocycles. The second-order valence-electron chi connectivity index (χ2n) is 3.66. The summed E-state index contributed by atoms with van der Waals surface area (Å²) in [6, 6.07) is 5.48. The summed E-state index contributed by atoms with van der Waals surface area (Å²) in [7, 11) is 0. The van der Waals surface area contributed by atoms with Crippen LogP contribution in [0, 0.1) is 6.92 Å². The Bertz CT molecular complexity index is 385. The van der Waals surface area contributed by atoms with Crippen LogP contribution in [0.4, 0.5) is 5.69 Å². The van der Waals surface area contributed by atoms with Crippen molar-refractivity contribution in [2.24, 2.45) is 5.73 Å². The number of nitrogens with one attached hydrogen (secondary N) is 1. The fourth-order valence-electron chi connectivity index (χ4n) is 1.28. The van der Waals surface area contributed by atoms with Gasteiger partial charge in [0.15, 0.2) is 0 Å². The van der Waals surface area contributed by atoms with E-state index in [2.05, 4.69) is 5.32 Å². The number of benzene rings is 1. The van der Waals surface area contributed by atoms with Gasteiger partial charge in [0.2, 0.25) is 5.91 Å². The average Bonchev–Trinajstić information content (AvgIpc) is 2.31. The van der Waals surface area contributed by atoms with Crippen LogP contribution >= 0.6 is 23.4 Å². The van der Waals surface area contributed by atoms with Crippen LogP contribution < -0.4 is 11.1 Å². The average molecular weight is 273 g/mol. The molecule has 1 amide bonds. The number of carbonyl (C=O) groups is 1. The Hall–Kier alpha value is -0.710. The minimum Gasteiger partial charge on any atom is -0.330 e. The van der Waals surface area contributed by atoms with Crippen LogP contribution in [0.15, 0.2) is 18.2 Å². The minimum absolute atomic E-state index is 0.00242. The van der Waals surface area contributed by atoms with Crippen molar-refractivity contribution in [3.05, 3.63) is 28.8 Å². The predicted molar refractivity (Wildman–Crippen MR) is 75.8 cm³/mol. The van der Waals surface area contributed by atoms with Crippen molar-refractivity contribution >= 4 is 35.0 Å². The molecular weight excluding hydrogens is 256 g/mol. The summed E-state index contributed by atoms with van der Waals surface area (Å²) in [4.78, 5) is 11.6. The van der Waals surface area contributed by atoms with Crippen LogP contribution in [-0.4, -0.2) is 24.0 Å². The summed E-state index contributed by atoms with van der Waals surface area (Å²) in [5.74, 6) is 1.36. The van der Waals surface area contributed by atoms with Crippen LogP contribution in [0.1, 0.15) is 12.0 Å². The Morgan fingerprint density at radius 1 is 1.53 bits per heavy atom. The van der Waals surface area contributed by atoms with Gasteiger partial charge in [-0.05, 0) is 43.3 Å².